The first-order valence-corrected chi connectivity index (χ1v) is 8.05. The number of nitrogens with one attached hydrogen (secondary N) is 1. The average molecular weight is 257 g/mol. The Morgan fingerprint density at radius 3 is 2.42 bits per heavy atom. The topological polar surface area (TPSA) is 12.0 Å². The fraction of sp³-hybridized carbons (Fsp3) is 0.667. The Kier molecular flexibility index (Phi) is 3.93. The Hall–Kier alpha value is -0.820. The highest BCUT2D eigenvalue weighted by molar-refractivity contribution is 5.20. The van der Waals surface area contributed by atoms with Crippen molar-refractivity contribution in [2.45, 2.75) is 57.9 Å². The van der Waals surface area contributed by atoms with E-state index in [0.717, 1.165) is 5.92 Å². The van der Waals surface area contributed by atoms with E-state index in [-0.39, 0.29) is 0 Å². The van der Waals surface area contributed by atoms with Crippen LogP contribution in [0, 0.1) is 11.3 Å². The smallest absolute Gasteiger partial charge is 0.0348 e. The summed E-state index contributed by atoms with van der Waals surface area (Å²) in [7, 11) is 0. The van der Waals surface area contributed by atoms with Gasteiger partial charge in [0.25, 0.3) is 0 Å². The second-order valence-corrected chi connectivity index (χ2v) is 6.98. The Morgan fingerprint density at radius 2 is 1.79 bits per heavy atom. The highest BCUT2D eigenvalue weighted by atomic mass is 14.9. The molecule has 2 saturated carbocycles. The molecule has 0 amide bonds. The predicted octanol–water partition coefficient (Wildman–Crippen LogP) is 4.70. The summed E-state index contributed by atoms with van der Waals surface area (Å²) in [5.41, 5.74) is 2.10. The minimum absolute atomic E-state index is 0.582. The summed E-state index contributed by atoms with van der Waals surface area (Å²) >= 11 is 0. The molecule has 2 aliphatic carbocycles. The van der Waals surface area contributed by atoms with Crippen LogP contribution in [-0.4, -0.2) is 6.54 Å². The van der Waals surface area contributed by atoms with Crippen LogP contribution in [-0.2, 0) is 0 Å². The van der Waals surface area contributed by atoms with Crippen LogP contribution >= 0.6 is 0 Å². The van der Waals surface area contributed by atoms with Crippen molar-refractivity contribution < 1.29 is 0 Å². The molecule has 2 aliphatic rings. The molecule has 1 heteroatoms. The predicted molar refractivity (Wildman–Crippen MR) is 81.1 cm³/mol. The molecule has 1 aromatic carbocycles. The van der Waals surface area contributed by atoms with Crippen LogP contribution in [0.5, 0.6) is 0 Å². The average Bonchev–Trinajstić information content (AvgIpc) is 3.20. The van der Waals surface area contributed by atoms with Crippen molar-refractivity contribution >= 4 is 0 Å². The molecule has 1 N–H and O–H groups in total. The maximum Gasteiger partial charge on any atom is 0.0348 e. The Labute approximate surface area is 117 Å². The van der Waals surface area contributed by atoms with Crippen LogP contribution in [0.3, 0.4) is 0 Å². The fourth-order valence-electron chi connectivity index (χ4n) is 3.43. The number of rotatable bonds is 5. The van der Waals surface area contributed by atoms with Gasteiger partial charge < -0.3 is 5.32 Å². The highest BCUT2D eigenvalue weighted by Gasteiger charge is 2.38. The Balaban J connectivity index is 1.70. The molecular formula is C18H27N. The second kappa shape index (κ2) is 5.66. The molecule has 1 unspecified atom stereocenters. The van der Waals surface area contributed by atoms with E-state index in [4.69, 9.17) is 0 Å². The summed E-state index contributed by atoms with van der Waals surface area (Å²) in [6.45, 7) is 3.62. The molecule has 3 rings (SSSR count). The zero-order valence-corrected chi connectivity index (χ0v) is 12.2. The highest BCUT2D eigenvalue weighted by Crippen LogP contribution is 2.45. The van der Waals surface area contributed by atoms with Crippen LogP contribution in [0.25, 0.3) is 0 Å². The first kappa shape index (κ1) is 13.2. The van der Waals surface area contributed by atoms with E-state index in [0.29, 0.717) is 11.5 Å². The van der Waals surface area contributed by atoms with E-state index < -0.39 is 0 Å². The van der Waals surface area contributed by atoms with Crippen LogP contribution in [0.15, 0.2) is 30.3 Å². The first-order valence-electron chi connectivity index (χ1n) is 8.05. The van der Waals surface area contributed by atoms with Crippen LogP contribution < -0.4 is 5.32 Å². The summed E-state index contributed by atoms with van der Waals surface area (Å²) in [4.78, 5) is 0. The summed E-state index contributed by atoms with van der Waals surface area (Å²) in [5.74, 6) is 0.846. The minimum Gasteiger partial charge on any atom is -0.309 e. The van der Waals surface area contributed by atoms with E-state index in [9.17, 15) is 0 Å². The standard InChI is InChI=1S/C18H27N/c1-18(12-13-18)14-19-17(15-8-4-2-5-9-15)16-10-6-3-7-11-16/h2,4-5,8-9,16-17,19H,3,6-7,10-14H2,1H3. The van der Waals surface area contributed by atoms with Gasteiger partial charge in [0.1, 0.15) is 0 Å². The van der Waals surface area contributed by atoms with Crippen molar-refractivity contribution in [3.05, 3.63) is 35.9 Å². The molecule has 0 saturated heterocycles. The fourth-order valence-corrected chi connectivity index (χ4v) is 3.43. The van der Waals surface area contributed by atoms with Gasteiger partial charge in [0.15, 0.2) is 0 Å². The van der Waals surface area contributed by atoms with Crippen molar-refractivity contribution in [3.8, 4) is 0 Å². The molecule has 0 heterocycles. The zero-order valence-electron chi connectivity index (χ0n) is 12.2. The lowest BCUT2D eigenvalue weighted by Gasteiger charge is -2.32. The van der Waals surface area contributed by atoms with Crippen LogP contribution in [0.1, 0.15) is 63.5 Å². The van der Waals surface area contributed by atoms with Gasteiger partial charge >= 0.3 is 0 Å². The van der Waals surface area contributed by atoms with E-state index >= 15 is 0 Å². The zero-order chi connectivity index (χ0) is 13.1. The van der Waals surface area contributed by atoms with E-state index in [1.165, 1.54) is 57.1 Å². The van der Waals surface area contributed by atoms with Crippen LogP contribution in [0.4, 0.5) is 0 Å². The van der Waals surface area contributed by atoms with Crippen molar-refractivity contribution in [2.75, 3.05) is 6.54 Å². The number of hydrogen-bond acceptors (Lipinski definition) is 1. The third-order valence-electron chi connectivity index (χ3n) is 5.13. The molecular weight excluding hydrogens is 230 g/mol. The Bertz CT molecular complexity index is 387. The number of hydrogen-bond donors (Lipinski definition) is 1. The van der Waals surface area contributed by atoms with Crippen molar-refractivity contribution in [2.24, 2.45) is 11.3 Å². The summed E-state index contributed by atoms with van der Waals surface area (Å²) in [6.07, 6.45) is 9.92. The Morgan fingerprint density at radius 1 is 1.11 bits per heavy atom. The summed E-state index contributed by atoms with van der Waals surface area (Å²) in [6, 6.07) is 11.7. The quantitative estimate of drug-likeness (QED) is 0.806. The van der Waals surface area contributed by atoms with Crippen LogP contribution in [0.2, 0.25) is 0 Å². The largest absolute Gasteiger partial charge is 0.309 e. The molecule has 0 radical (unpaired) electrons. The third kappa shape index (κ3) is 3.39. The summed E-state index contributed by atoms with van der Waals surface area (Å²) < 4.78 is 0. The normalized spacial score (nSPS) is 24.1. The lowest BCUT2D eigenvalue weighted by Crippen LogP contribution is -2.33. The monoisotopic (exact) mass is 257 g/mol. The molecule has 19 heavy (non-hydrogen) atoms. The van der Waals surface area contributed by atoms with E-state index in [2.05, 4.69) is 42.6 Å². The van der Waals surface area contributed by atoms with E-state index in [1.807, 2.05) is 0 Å². The van der Waals surface area contributed by atoms with Gasteiger partial charge in [0, 0.05) is 12.6 Å². The van der Waals surface area contributed by atoms with Gasteiger partial charge in [-0.1, -0.05) is 56.5 Å². The molecule has 0 aromatic heterocycles. The van der Waals surface area contributed by atoms with Gasteiger partial charge in [-0.2, -0.15) is 0 Å². The molecule has 1 nitrogen and oxygen atoms in total. The van der Waals surface area contributed by atoms with Gasteiger partial charge in [-0.25, -0.2) is 0 Å². The maximum absolute atomic E-state index is 3.91. The molecule has 104 valence electrons. The van der Waals surface area contributed by atoms with Gasteiger partial charge in [0.2, 0.25) is 0 Å². The lowest BCUT2D eigenvalue weighted by atomic mass is 9.81. The van der Waals surface area contributed by atoms with Gasteiger partial charge in [-0.15, -0.1) is 0 Å². The second-order valence-electron chi connectivity index (χ2n) is 6.98. The van der Waals surface area contributed by atoms with E-state index in [1.54, 1.807) is 0 Å². The van der Waals surface area contributed by atoms with Gasteiger partial charge in [-0.05, 0) is 42.6 Å². The molecule has 2 fully saturated rings. The molecule has 1 aromatic rings. The number of benzene rings is 1. The lowest BCUT2D eigenvalue weighted by molar-refractivity contribution is 0.261. The molecule has 0 spiro atoms. The maximum atomic E-state index is 3.91. The first-order chi connectivity index (χ1) is 9.27. The van der Waals surface area contributed by atoms with Gasteiger partial charge in [-0.3, -0.25) is 0 Å². The minimum atomic E-state index is 0.582. The molecule has 1 atom stereocenters. The van der Waals surface area contributed by atoms with Crippen molar-refractivity contribution in [1.29, 1.82) is 0 Å². The summed E-state index contributed by atoms with van der Waals surface area (Å²) in [5, 5.41) is 3.91. The SMILES string of the molecule is CC1(CNC(c2ccccc2)C2CCCCC2)CC1. The van der Waals surface area contributed by atoms with Crippen molar-refractivity contribution in [3.63, 3.8) is 0 Å². The molecule has 0 bridgehead atoms. The van der Waals surface area contributed by atoms with Crippen molar-refractivity contribution in [1.82, 2.24) is 5.32 Å². The third-order valence-corrected chi connectivity index (χ3v) is 5.13. The molecule has 0 aliphatic heterocycles. The van der Waals surface area contributed by atoms with Gasteiger partial charge in [0.05, 0.1) is 0 Å².